The highest BCUT2D eigenvalue weighted by Crippen LogP contribution is 2.39. The standard InChI is InChI=1S/C25H26F3N3O4S/c26-25(27,28)24(34,35)22(33)29-16-10-2-1-9-15-19(32)30-23-31-20(17-11-5-3-6-12-17)21(36-23)18-13-7-4-8-14-18/h3-8,11-14,34-35H,1-2,9-10,15-16H2,(H,29,33)(H,30,31,32). The summed E-state index contributed by atoms with van der Waals surface area (Å²) in [6, 6.07) is 19.5. The molecule has 0 saturated heterocycles. The number of aliphatic hydroxyl groups is 2. The van der Waals surface area contributed by atoms with E-state index in [9.17, 15) is 22.8 Å². The summed E-state index contributed by atoms with van der Waals surface area (Å²) in [5, 5.41) is 22.9. The van der Waals surface area contributed by atoms with Crippen LogP contribution in [0.4, 0.5) is 18.3 Å². The third-order valence-electron chi connectivity index (χ3n) is 5.28. The zero-order chi connectivity index (χ0) is 26.2. The number of benzene rings is 2. The zero-order valence-electron chi connectivity index (χ0n) is 19.2. The molecule has 3 aromatic rings. The van der Waals surface area contributed by atoms with Gasteiger partial charge in [0.15, 0.2) is 5.13 Å². The van der Waals surface area contributed by atoms with Crippen LogP contribution in [-0.2, 0) is 9.59 Å². The zero-order valence-corrected chi connectivity index (χ0v) is 20.0. The fourth-order valence-corrected chi connectivity index (χ4v) is 4.36. The summed E-state index contributed by atoms with van der Waals surface area (Å²) in [6.07, 6.45) is -3.24. The monoisotopic (exact) mass is 521 g/mol. The number of nitrogens with one attached hydrogen (secondary N) is 2. The van der Waals surface area contributed by atoms with Crippen molar-refractivity contribution in [3.63, 3.8) is 0 Å². The van der Waals surface area contributed by atoms with E-state index in [1.54, 1.807) is 0 Å². The number of carbonyl (C=O) groups is 2. The lowest BCUT2D eigenvalue weighted by molar-refractivity contribution is -0.328. The maximum absolute atomic E-state index is 12.4. The molecule has 0 unspecified atom stereocenters. The Morgan fingerprint density at radius 2 is 1.44 bits per heavy atom. The van der Waals surface area contributed by atoms with Gasteiger partial charge in [0.1, 0.15) is 0 Å². The first-order valence-corrected chi connectivity index (χ1v) is 12.1. The number of amides is 2. The molecule has 11 heteroatoms. The van der Waals surface area contributed by atoms with E-state index >= 15 is 0 Å². The predicted molar refractivity (Wildman–Crippen MR) is 131 cm³/mol. The van der Waals surface area contributed by atoms with E-state index in [0.29, 0.717) is 30.8 Å². The van der Waals surface area contributed by atoms with Gasteiger partial charge >= 0.3 is 12.0 Å². The smallest absolute Gasteiger partial charge is 0.351 e. The van der Waals surface area contributed by atoms with Crippen LogP contribution in [0.5, 0.6) is 0 Å². The van der Waals surface area contributed by atoms with Crippen molar-refractivity contribution in [1.82, 2.24) is 10.3 Å². The fraction of sp³-hybridized carbons (Fsp3) is 0.320. The minimum Gasteiger partial charge on any atom is -0.351 e. The molecule has 0 atom stereocenters. The van der Waals surface area contributed by atoms with Crippen molar-refractivity contribution in [2.24, 2.45) is 0 Å². The highest BCUT2D eigenvalue weighted by atomic mass is 32.1. The van der Waals surface area contributed by atoms with Crippen LogP contribution in [0.1, 0.15) is 32.1 Å². The molecular weight excluding hydrogens is 495 g/mol. The molecule has 0 saturated carbocycles. The lowest BCUT2D eigenvalue weighted by atomic mass is 10.1. The van der Waals surface area contributed by atoms with Gasteiger partial charge in [-0.25, -0.2) is 4.98 Å². The first kappa shape index (κ1) is 27.3. The molecule has 2 amide bonds. The van der Waals surface area contributed by atoms with Crippen LogP contribution in [0.25, 0.3) is 21.7 Å². The summed E-state index contributed by atoms with van der Waals surface area (Å²) < 4.78 is 37.2. The molecule has 4 N–H and O–H groups in total. The number of aromatic nitrogens is 1. The molecule has 0 aliphatic rings. The van der Waals surface area contributed by atoms with Gasteiger partial charge in [-0.05, 0) is 18.4 Å². The van der Waals surface area contributed by atoms with E-state index in [-0.39, 0.29) is 18.9 Å². The average molecular weight is 522 g/mol. The first-order valence-electron chi connectivity index (χ1n) is 11.3. The largest absolute Gasteiger partial charge is 0.453 e. The number of unbranched alkanes of at least 4 members (excludes halogenated alkanes) is 3. The Morgan fingerprint density at radius 3 is 2.06 bits per heavy atom. The third-order valence-corrected chi connectivity index (χ3v) is 6.30. The van der Waals surface area contributed by atoms with E-state index in [1.165, 1.54) is 11.3 Å². The molecule has 0 bridgehead atoms. The number of carbonyl (C=O) groups excluding carboxylic acids is 2. The molecule has 0 fully saturated rings. The molecule has 0 aliphatic carbocycles. The Hall–Kier alpha value is -3.28. The average Bonchev–Trinajstić information content (AvgIpc) is 3.27. The van der Waals surface area contributed by atoms with E-state index < -0.39 is 17.9 Å². The number of thiazole rings is 1. The Bertz CT molecular complexity index is 1100. The van der Waals surface area contributed by atoms with Crippen molar-refractivity contribution in [3.8, 4) is 21.7 Å². The third kappa shape index (κ3) is 7.12. The maximum atomic E-state index is 12.4. The molecule has 1 heterocycles. The van der Waals surface area contributed by atoms with Crippen LogP contribution in [0, 0.1) is 0 Å². The second-order valence-electron chi connectivity index (χ2n) is 8.07. The number of anilines is 1. The van der Waals surface area contributed by atoms with Crippen LogP contribution in [0.2, 0.25) is 0 Å². The van der Waals surface area contributed by atoms with Gasteiger partial charge in [-0.3, -0.25) is 9.59 Å². The lowest BCUT2D eigenvalue weighted by Gasteiger charge is -2.22. The molecule has 0 aliphatic heterocycles. The first-order chi connectivity index (χ1) is 17.1. The van der Waals surface area contributed by atoms with Crippen LogP contribution >= 0.6 is 11.3 Å². The quantitative estimate of drug-likeness (QED) is 0.215. The summed E-state index contributed by atoms with van der Waals surface area (Å²) in [4.78, 5) is 29.3. The van der Waals surface area contributed by atoms with Crippen LogP contribution in [-0.4, -0.2) is 45.5 Å². The SMILES string of the molecule is O=C(CCCCCCNC(=O)C(O)(O)C(F)(F)F)Nc1nc(-c2ccccc2)c(-c2ccccc2)s1. The van der Waals surface area contributed by atoms with Gasteiger partial charge in [0.2, 0.25) is 5.91 Å². The van der Waals surface area contributed by atoms with Crippen molar-refractivity contribution in [3.05, 3.63) is 60.7 Å². The van der Waals surface area contributed by atoms with E-state index in [2.05, 4.69) is 10.3 Å². The molecule has 36 heavy (non-hydrogen) atoms. The summed E-state index contributed by atoms with van der Waals surface area (Å²) in [6.45, 7) is -0.145. The van der Waals surface area contributed by atoms with Gasteiger partial charge in [0.05, 0.1) is 10.6 Å². The number of hydrogen-bond donors (Lipinski definition) is 4. The van der Waals surface area contributed by atoms with Crippen molar-refractivity contribution in [2.75, 3.05) is 11.9 Å². The topological polar surface area (TPSA) is 112 Å². The highest BCUT2D eigenvalue weighted by molar-refractivity contribution is 7.19. The second-order valence-corrected chi connectivity index (χ2v) is 9.07. The maximum Gasteiger partial charge on any atom is 0.453 e. The van der Waals surface area contributed by atoms with Gasteiger partial charge in [-0.1, -0.05) is 84.8 Å². The summed E-state index contributed by atoms with van der Waals surface area (Å²) in [5.41, 5.74) is 2.72. The summed E-state index contributed by atoms with van der Waals surface area (Å²) in [5.74, 6) is -6.53. The molecule has 0 radical (unpaired) electrons. The van der Waals surface area contributed by atoms with Crippen LogP contribution in [0.15, 0.2) is 60.7 Å². The summed E-state index contributed by atoms with van der Waals surface area (Å²) >= 11 is 1.39. The molecule has 2 aromatic carbocycles. The number of hydrogen-bond acceptors (Lipinski definition) is 6. The fourth-order valence-electron chi connectivity index (χ4n) is 3.35. The minimum atomic E-state index is -5.48. The number of halogens is 3. The van der Waals surface area contributed by atoms with Gasteiger partial charge in [0, 0.05) is 18.5 Å². The molecule has 3 rings (SSSR count). The predicted octanol–water partition coefficient (Wildman–Crippen LogP) is 4.73. The Kier molecular flexibility index (Phi) is 9.19. The Balaban J connectivity index is 1.46. The summed E-state index contributed by atoms with van der Waals surface area (Å²) in [7, 11) is 0. The van der Waals surface area contributed by atoms with Crippen molar-refractivity contribution in [2.45, 2.75) is 44.1 Å². The molecule has 1 aromatic heterocycles. The molecule has 0 spiro atoms. The number of rotatable bonds is 11. The molecule has 7 nitrogen and oxygen atoms in total. The molecular formula is C25H26F3N3O4S. The van der Waals surface area contributed by atoms with E-state index in [0.717, 1.165) is 21.7 Å². The van der Waals surface area contributed by atoms with Gasteiger partial charge in [0.25, 0.3) is 5.91 Å². The van der Waals surface area contributed by atoms with Crippen molar-refractivity contribution < 1.29 is 33.0 Å². The highest BCUT2D eigenvalue weighted by Gasteiger charge is 2.58. The normalized spacial score (nSPS) is 11.8. The van der Waals surface area contributed by atoms with Crippen LogP contribution < -0.4 is 10.6 Å². The van der Waals surface area contributed by atoms with Crippen molar-refractivity contribution >= 4 is 28.3 Å². The lowest BCUT2D eigenvalue weighted by Crippen LogP contribution is -2.57. The van der Waals surface area contributed by atoms with E-state index in [4.69, 9.17) is 10.2 Å². The Labute approximate surface area is 210 Å². The van der Waals surface area contributed by atoms with Crippen molar-refractivity contribution in [1.29, 1.82) is 0 Å². The Morgan fingerprint density at radius 1 is 0.861 bits per heavy atom. The van der Waals surface area contributed by atoms with Gasteiger partial charge in [-0.15, -0.1) is 0 Å². The molecule has 192 valence electrons. The van der Waals surface area contributed by atoms with Crippen LogP contribution in [0.3, 0.4) is 0 Å². The minimum absolute atomic E-state index is 0.145. The second kappa shape index (κ2) is 12.1. The number of nitrogens with zero attached hydrogens (tertiary/aromatic N) is 1. The van der Waals surface area contributed by atoms with E-state index in [1.807, 2.05) is 66.0 Å². The number of alkyl halides is 3. The van der Waals surface area contributed by atoms with Gasteiger partial charge < -0.3 is 20.8 Å². The van der Waals surface area contributed by atoms with Gasteiger partial charge in [-0.2, -0.15) is 13.2 Å².